The van der Waals surface area contributed by atoms with Crippen molar-refractivity contribution in [3.8, 4) is 5.75 Å². The number of aryl methyl sites for hydroxylation is 1. The number of anilines is 1. The molecule has 1 amide bonds. The molecule has 24 heavy (non-hydrogen) atoms. The summed E-state index contributed by atoms with van der Waals surface area (Å²) in [6, 6.07) is 12.4. The van der Waals surface area contributed by atoms with Crippen LogP contribution < -0.4 is 10.1 Å². The van der Waals surface area contributed by atoms with Crippen LogP contribution in [0.15, 0.2) is 42.5 Å². The van der Waals surface area contributed by atoms with Crippen LogP contribution in [0.2, 0.25) is 0 Å². The number of amides is 1. The molecule has 2 rings (SSSR count). The first-order valence-electron chi connectivity index (χ1n) is 7.66. The van der Waals surface area contributed by atoms with Gasteiger partial charge in [-0.25, -0.2) is 0 Å². The zero-order valence-corrected chi connectivity index (χ0v) is 13.7. The Morgan fingerprint density at radius 2 is 1.83 bits per heavy atom. The molecular formula is C19H19NO4. The molecule has 1 N–H and O–H groups in total. The molecule has 0 radical (unpaired) electrons. The van der Waals surface area contributed by atoms with Gasteiger partial charge in [-0.05, 0) is 42.8 Å². The van der Waals surface area contributed by atoms with E-state index < -0.39 is 5.91 Å². The van der Waals surface area contributed by atoms with Crippen molar-refractivity contribution < 1.29 is 19.1 Å². The topological polar surface area (TPSA) is 72.5 Å². The molecule has 5 heteroatoms. The van der Waals surface area contributed by atoms with Gasteiger partial charge in [0.15, 0.2) is 5.78 Å². The lowest BCUT2D eigenvalue weighted by molar-refractivity contribution is -0.127. The molecule has 0 aliphatic heterocycles. The molecule has 0 saturated heterocycles. The molecular weight excluding hydrogens is 306 g/mol. The largest absolute Gasteiger partial charge is 0.489 e. The van der Waals surface area contributed by atoms with Crippen molar-refractivity contribution in [2.75, 3.05) is 5.32 Å². The minimum Gasteiger partial charge on any atom is -0.489 e. The lowest BCUT2D eigenvalue weighted by atomic mass is 10.1. The van der Waals surface area contributed by atoms with Crippen molar-refractivity contribution in [3.05, 3.63) is 59.2 Å². The number of hydrogen-bond donors (Lipinski definition) is 1. The Morgan fingerprint density at radius 3 is 2.46 bits per heavy atom. The third kappa shape index (κ3) is 4.29. The number of carbonyl (C=O) groups is 3. The van der Waals surface area contributed by atoms with Crippen LogP contribution in [0.4, 0.5) is 5.69 Å². The van der Waals surface area contributed by atoms with Crippen LogP contribution in [0, 0.1) is 6.92 Å². The number of nitrogens with one attached hydrogen (secondary N) is 1. The summed E-state index contributed by atoms with van der Waals surface area (Å²) in [5, 5.41) is 2.54. The number of carbonyl (C=O) groups excluding carboxylic acids is 3. The Kier molecular flexibility index (Phi) is 5.84. The molecule has 0 unspecified atom stereocenters. The van der Waals surface area contributed by atoms with Gasteiger partial charge in [0.1, 0.15) is 12.4 Å². The highest BCUT2D eigenvalue weighted by Crippen LogP contribution is 2.22. The SMILES string of the molecule is CCC(=O)c1ccc(OCc2c(C)cccc2NC(=O)C=O)cc1. The van der Waals surface area contributed by atoms with Gasteiger partial charge in [0.25, 0.3) is 5.91 Å². The van der Waals surface area contributed by atoms with Gasteiger partial charge in [-0.1, -0.05) is 19.1 Å². The number of ketones is 1. The highest BCUT2D eigenvalue weighted by atomic mass is 16.5. The molecule has 0 saturated carbocycles. The molecule has 0 bridgehead atoms. The molecule has 2 aromatic rings. The first-order chi connectivity index (χ1) is 11.5. The Bertz CT molecular complexity index is 750. The lowest BCUT2D eigenvalue weighted by Gasteiger charge is -2.14. The van der Waals surface area contributed by atoms with E-state index in [4.69, 9.17) is 4.74 Å². The van der Waals surface area contributed by atoms with E-state index >= 15 is 0 Å². The Morgan fingerprint density at radius 1 is 1.12 bits per heavy atom. The third-order valence-corrected chi connectivity index (χ3v) is 3.66. The average Bonchev–Trinajstić information content (AvgIpc) is 2.61. The summed E-state index contributed by atoms with van der Waals surface area (Å²) in [5.41, 5.74) is 2.93. The van der Waals surface area contributed by atoms with E-state index in [9.17, 15) is 14.4 Å². The smallest absolute Gasteiger partial charge is 0.288 e. The Hall–Kier alpha value is -2.95. The van der Waals surface area contributed by atoms with Gasteiger partial charge in [0, 0.05) is 23.2 Å². The van der Waals surface area contributed by atoms with Crippen LogP contribution in [-0.4, -0.2) is 18.0 Å². The normalized spacial score (nSPS) is 10.1. The van der Waals surface area contributed by atoms with Gasteiger partial charge >= 0.3 is 0 Å². The minimum absolute atomic E-state index is 0.0827. The van der Waals surface area contributed by atoms with Crippen molar-refractivity contribution in [1.82, 2.24) is 0 Å². The standard InChI is InChI=1S/C19H19NO4/c1-3-18(22)14-7-9-15(10-8-14)24-12-16-13(2)5-4-6-17(16)20-19(23)11-21/h4-11H,3,12H2,1-2H3,(H,20,23). The van der Waals surface area contributed by atoms with E-state index in [0.29, 0.717) is 23.4 Å². The number of Topliss-reactive ketones (excluding diaryl/α,β-unsaturated/α-hetero) is 1. The van der Waals surface area contributed by atoms with Gasteiger partial charge in [-0.2, -0.15) is 0 Å². The summed E-state index contributed by atoms with van der Waals surface area (Å²) in [7, 11) is 0. The first-order valence-corrected chi connectivity index (χ1v) is 7.66. The van der Waals surface area contributed by atoms with Gasteiger partial charge in [0.05, 0.1) is 0 Å². The molecule has 0 aliphatic carbocycles. The second kappa shape index (κ2) is 8.06. The second-order valence-corrected chi connectivity index (χ2v) is 5.30. The van der Waals surface area contributed by atoms with Crippen molar-refractivity contribution in [1.29, 1.82) is 0 Å². The summed E-state index contributed by atoms with van der Waals surface area (Å²) in [6.45, 7) is 3.96. The average molecular weight is 325 g/mol. The van der Waals surface area contributed by atoms with Crippen molar-refractivity contribution in [2.24, 2.45) is 0 Å². The molecule has 2 aromatic carbocycles. The number of ether oxygens (including phenoxy) is 1. The Labute approximate surface area is 140 Å². The van der Waals surface area contributed by atoms with Gasteiger partial charge in [-0.15, -0.1) is 0 Å². The summed E-state index contributed by atoms with van der Waals surface area (Å²) in [6.07, 6.45) is 0.694. The summed E-state index contributed by atoms with van der Waals surface area (Å²) in [4.78, 5) is 33.4. The van der Waals surface area contributed by atoms with Crippen LogP contribution in [0.3, 0.4) is 0 Å². The minimum atomic E-state index is -0.704. The molecule has 0 fully saturated rings. The van der Waals surface area contributed by atoms with Gasteiger partial charge < -0.3 is 10.1 Å². The first kappa shape index (κ1) is 17.4. The van der Waals surface area contributed by atoms with E-state index in [-0.39, 0.29) is 18.7 Å². The van der Waals surface area contributed by atoms with Crippen LogP contribution >= 0.6 is 0 Å². The third-order valence-electron chi connectivity index (χ3n) is 3.66. The number of aldehydes is 1. The van der Waals surface area contributed by atoms with Crippen LogP contribution in [0.1, 0.15) is 34.8 Å². The van der Waals surface area contributed by atoms with E-state index in [1.54, 1.807) is 36.4 Å². The fourth-order valence-electron chi connectivity index (χ4n) is 2.27. The number of benzene rings is 2. The van der Waals surface area contributed by atoms with E-state index in [2.05, 4.69) is 5.32 Å². The molecule has 0 atom stereocenters. The molecule has 124 valence electrons. The zero-order chi connectivity index (χ0) is 17.5. The Balaban J connectivity index is 2.12. The maximum atomic E-state index is 11.6. The highest BCUT2D eigenvalue weighted by Gasteiger charge is 2.10. The highest BCUT2D eigenvalue weighted by molar-refractivity contribution is 6.29. The monoisotopic (exact) mass is 325 g/mol. The van der Waals surface area contributed by atoms with Crippen LogP contribution in [0.25, 0.3) is 0 Å². The molecule has 0 aromatic heterocycles. The van der Waals surface area contributed by atoms with Crippen molar-refractivity contribution in [3.63, 3.8) is 0 Å². The van der Waals surface area contributed by atoms with E-state index in [0.717, 1.165) is 11.1 Å². The molecule has 0 spiro atoms. The zero-order valence-electron chi connectivity index (χ0n) is 13.7. The van der Waals surface area contributed by atoms with Crippen LogP contribution in [-0.2, 0) is 16.2 Å². The van der Waals surface area contributed by atoms with Crippen molar-refractivity contribution in [2.45, 2.75) is 26.9 Å². The second-order valence-electron chi connectivity index (χ2n) is 5.30. The molecule has 0 heterocycles. The number of hydrogen-bond acceptors (Lipinski definition) is 4. The van der Waals surface area contributed by atoms with E-state index in [1.807, 2.05) is 19.9 Å². The summed E-state index contributed by atoms with van der Waals surface area (Å²) < 4.78 is 5.75. The quantitative estimate of drug-likeness (QED) is 0.481. The number of rotatable bonds is 7. The predicted octanol–water partition coefficient (Wildman–Crippen LogP) is 3.30. The lowest BCUT2D eigenvalue weighted by Crippen LogP contribution is -2.15. The molecule has 0 aliphatic rings. The maximum Gasteiger partial charge on any atom is 0.288 e. The van der Waals surface area contributed by atoms with Gasteiger partial charge in [-0.3, -0.25) is 14.4 Å². The summed E-state index contributed by atoms with van der Waals surface area (Å²) >= 11 is 0. The fraction of sp³-hybridized carbons (Fsp3) is 0.211. The van der Waals surface area contributed by atoms with Crippen molar-refractivity contribution >= 4 is 23.7 Å². The van der Waals surface area contributed by atoms with Gasteiger partial charge in [0.2, 0.25) is 6.29 Å². The fourth-order valence-corrected chi connectivity index (χ4v) is 2.27. The maximum absolute atomic E-state index is 11.6. The predicted molar refractivity (Wildman–Crippen MR) is 91.3 cm³/mol. The van der Waals surface area contributed by atoms with Crippen LogP contribution in [0.5, 0.6) is 5.75 Å². The summed E-state index contributed by atoms with van der Waals surface area (Å²) in [5.74, 6) is 0.00201. The molecule has 5 nitrogen and oxygen atoms in total. The van der Waals surface area contributed by atoms with E-state index in [1.165, 1.54) is 0 Å².